The molecular formula is C24H33N5O3SSi. The van der Waals surface area contributed by atoms with E-state index in [0.29, 0.717) is 33.3 Å². The minimum Gasteiger partial charge on any atom is -0.286 e. The number of nitrogens with zero attached hydrogens (tertiary/aromatic N) is 5. The Labute approximate surface area is 202 Å². The fourth-order valence-corrected chi connectivity index (χ4v) is 10.6. The second-order valence-corrected chi connectivity index (χ2v) is 17.3. The molecule has 10 heteroatoms. The van der Waals surface area contributed by atoms with Gasteiger partial charge in [0.1, 0.15) is 13.7 Å². The highest BCUT2D eigenvalue weighted by Gasteiger charge is 2.41. The minimum atomic E-state index is -3.66. The number of aryl methyl sites for hydroxylation is 1. The maximum Gasteiger partial charge on any atom is 0.253 e. The molecule has 0 atom stereocenters. The molecule has 0 aliphatic heterocycles. The van der Waals surface area contributed by atoms with Crippen LogP contribution >= 0.6 is 0 Å². The Hall–Kier alpha value is -2.77. The van der Waals surface area contributed by atoms with Crippen molar-refractivity contribution in [1.29, 1.82) is 0 Å². The van der Waals surface area contributed by atoms with Gasteiger partial charge in [0.25, 0.3) is 5.56 Å². The summed E-state index contributed by atoms with van der Waals surface area (Å²) in [6.45, 7) is 13.5. The Morgan fingerprint density at radius 2 is 1.71 bits per heavy atom. The van der Waals surface area contributed by atoms with E-state index in [-0.39, 0.29) is 22.9 Å². The van der Waals surface area contributed by atoms with Gasteiger partial charge < -0.3 is 0 Å². The Kier molecular flexibility index (Phi) is 7.19. The van der Waals surface area contributed by atoms with Crippen molar-refractivity contribution in [2.45, 2.75) is 69.9 Å². The Morgan fingerprint density at radius 3 is 2.21 bits per heavy atom. The molecule has 8 nitrogen and oxygen atoms in total. The standard InChI is InChI=1S/C24H33N5O3SSi/c1-16(2)34(17(3)4,18(5)6)12-10-19-13-22(30)29(15-20-9-11-28(7)27-20)23-21(19)14-25-24(26-23)33(8,31)32/h9,11,13-14,16-18H,15H2,1-8H3. The van der Waals surface area contributed by atoms with Gasteiger partial charge in [-0.3, -0.25) is 14.0 Å². The molecular weight excluding hydrogens is 466 g/mol. The highest BCUT2D eigenvalue weighted by atomic mass is 32.2. The van der Waals surface area contributed by atoms with Crippen LogP contribution in [0.15, 0.2) is 34.5 Å². The zero-order valence-electron chi connectivity index (χ0n) is 21.1. The molecule has 182 valence electrons. The first-order valence-electron chi connectivity index (χ1n) is 11.4. The highest BCUT2D eigenvalue weighted by molar-refractivity contribution is 7.90. The van der Waals surface area contributed by atoms with Crippen LogP contribution in [0.1, 0.15) is 52.8 Å². The van der Waals surface area contributed by atoms with Gasteiger partial charge in [0.05, 0.1) is 17.6 Å². The van der Waals surface area contributed by atoms with Crippen LogP contribution < -0.4 is 5.56 Å². The smallest absolute Gasteiger partial charge is 0.253 e. The second-order valence-electron chi connectivity index (χ2n) is 9.77. The molecule has 0 amide bonds. The van der Waals surface area contributed by atoms with Crippen LogP contribution in [0.25, 0.3) is 11.0 Å². The van der Waals surface area contributed by atoms with Gasteiger partial charge in [0.15, 0.2) is 0 Å². The summed E-state index contributed by atoms with van der Waals surface area (Å²) in [5.74, 6) is 3.32. The van der Waals surface area contributed by atoms with E-state index in [4.69, 9.17) is 0 Å². The third-order valence-corrected chi connectivity index (χ3v) is 13.7. The molecule has 3 aromatic rings. The molecule has 0 spiro atoms. The quantitative estimate of drug-likeness (QED) is 0.292. The van der Waals surface area contributed by atoms with Crippen molar-refractivity contribution in [3.8, 4) is 11.5 Å². The fraction of sp³-hybridized carbons (Fsp3) is 0.500. The van der Waals surface area contributed by atoms with Crippen LogP contribution in [-0.4, -0.2) is 47.1 Å². The summed E-state index contributed by atoms with van der Waals surface area (Å²) in [5, 5.41) is 4.57. The Balaban J connectivity index is 2.31. The first-order valence-corrected chi connectivity index (χ1v) is 15.5. The largest absolute Gasteiger partial charge is 0.286 e. The van der Waals surface area contributed by atoms with Crippen molar-refractivity contribution in [3.63, 3.8) is 0 Å². The van der Waals surface area contributed by atoms with Crippen molar-refractivity contribution >= 4 is 28.9 Å². The SMILES string of the molecule is CC(C)[Si](C#Cc1cc(=O)n(Cc2ccn(C)n2)c2nc(S(C)(=O)=O)ncc12)(C(C)C)C(C)C. The van der Waals surface area contributed by atoms with E-state index in [0.717, 1.165) is 6.26 Å². The number of hydrogen-bond acceptors (Lipinski definition) is 6. The first-order chi connectivity index (χ1) is 15.8. The molecule has 34 heavy (non-hydrogen) atoms. The van der Waals surface area contributed by atoms with Gasteiger partial charge in [-0.15, -0.1) is 5.54 Å². The summed E-state index contributed by atoms with van der Waals surface area (Å²) in [6.07, 6.45) is 4.29. The number of rotatable bonds is 6. The summed E-state index contributed by atoms with van der Waals surface area (Å²) in [4.78, 5) is 21.6. The monoisotopic (exact) mass is 499 g/mol. The molecule has 0 saturated carbocycles. The second kappa shape index (κ2) is 9.47. The molecule has 0 fully saturated rings. The van der Waals surface area contributed by atoms with Crippen LogP contribution in [0.5, 0.6) is 0 Å². The number of pyridine rings is 1. The summed E-state index contributed by atoms with van der Waals surface area (Å²) in [5.41, 5.74) is 6.05. The van der Waals surface area contributed by atoms with E-state index in [1.54, 1.807) is 24.0 Å². The van der Waals surface area contributed by atoms with Gasteiger partial charge in [-0.2, -0.15) is 10.1 Å². The zero-order valence-corrected chi connectivity index (χ0v) is 22.9. The predicted octanol–water partition coefficient (Wildman–Crippen LogP) is 3.55. The summed E-state index contributed by atoms with van der Waals surface area (Å²) in [7, 11) is -3.92. The molecule has 0 bridgehead atoms. The number of fused-ring (bicyclic) bond motifs is 1. The van der Waals surface area contributed by atoms with E-state index < -0.39 is 17.9 Å². The molecule has 0 N–H and O–H groups in total. The topological polar surface area (TPSA) is 99.7 Å². The van der Waals surface area contributed by atoms with Crippen LogP contribution in [0.4, 0.5) is 0 Å². The molecule has 0 aromatic carbocycles. The van der Waals surface area contributed by atoms with Crippen molar-refractivity contribution in [3.05, 3.63) is 46.1 Å². The van der Waals surface area contributed by atoms with E-state index in [9.17, 15) is 13.2 Å². The first kappa shape index (κ1) is 25.8. The molecule has 0 aliphatic rings. The van der Waals surface area contributed by atoms with Gasteiger partial charge in [0.2, 0.25) is 15.0 Å². The average Bonchev–Trinajstić information content (AvgIpc) is 3.14. The van der Waals surface area contributed by atoms with Gasteiger partial charge in [-0.25, -0.2) is 13.4 Å². The number of hydrogen-bond donors (Lipinski definition) is 0. The Morgan fingerprint density at radius 1 is 1.09 bits per heavy atom. The van der Waals surface area contributed by atoms with Crippen LogP contribution in [-0.2, 0) is 23.4 Å². The van der Waals surface area contributed by atoms with Gasteiger partial charge in [0, 0.05) is 37.3 Å². The van der Waals surface area contributed by atoms with E-state index >= 15 is 0 Å². The third kappa shape index (κ3) is 4.86. The van der Waals surface area contributed by atoms with Crippen molar-refractivity contribution in [2.24, 2.45) is 7.05 Å². The normalized spacial score (nSPS) is 12.6. The molecule has 0 unspecified atom stereocenters. The lowest BCUT2D eigenvalue weighted by Crippen LogP contribution is -2.43. The van der Waals surface area contributed by atoms with Crippen molar-refractivity contribution in [1.82, 2.24) is 24.3 Å². The molecule has 3 rings (SSSR count). The minimum absolute atomic E-state index is 0.159. The maximum atomic E-state index is 13.2. The lowest BCUT2D eigenvalue weighted by Gasteiger charge is -2.38. The van der Waals surface area contributed by atoms with Gasteiger partial charge >= 0.3 is 0 Å². The number of sulfone groups is 1. The summed E-state index contributed by atoms with van der Waals surface area (Å²) in [6, 6.07) is 3.31. The molecule has 0 radical (unpaired) electrons. The fourth-order valence-electron chi connectivity index (χ4n) is 4.89. The van der Waals surface area contributed by atoms with Gasteiger partial charge in [-0.05, 0) is 22.7 Å². The average molecular weight is 500 g/mol. The van der Waals surface area contributed by atoms with E-state index in [1.807, 2.05) is 0 Å². The third-order valence-electron chi connectivity index (χ3n) is 6.53. The van der Waals surface area contributed by atoms with E-state index in [1.165, 1.54) is 16.8 Å². The predicted molar refractivity (Wildman–Crippen MR) is 137 cm³/mol. The van der Waals surface area contributed by atoms with E-state index in [2.05, 4.69) is 68.1 Å². The summed E-state index contributed by atoms with van der Waals surface area (Å²) < 4.78 is 27.4. The molecule has 3 heterocycles. The van der Waals surface area contributed by atoms with Crippen molar-refractivity contribution < 1.29 is 8.42 Å². The molecule has 0 saturated heterocycles. The zero-order chi connectivity index (χ0) is 25.4. The number of aromatic nitrogens is 5. The highest BCUT2D eigenvalue weighted by Crippen LogP contribution is 2.40. The van der Waals surface area contributed by atoms with Crippen LogP contribution in [0, 0.1) is 11.5 Å². The van der Waals surface area contributed by atoms with Crippen LogP contribution in [0.2, 0.25) is 16.6 Å². The molecule has 3 aromatic heterocycles. The molecule has 0 aliphatic carbocycles. The van der Waals surface area contributed by atoms with Gasteiger partial charge in [-0.1, -0.05) is 47.5 Å². The van der Waals surface area contributed by atoms with Crippen molar-refractivity contribution in [2.75, 3.05) is 6.26 Å². The maximum absolute atomic E-state index is 13.2. The lowest BCUT2D eigenvalue weighted by atomic mass is 10.2. The van der Waals surface area contributed by atoms with Crippen LogP contribution in [0.3, 0.4) is 0 Å². The lowest BCUT2D eigenvalue weighted by molar-refractivity contribution is 0.593. The Bertz CT molecular complexity index is 1420. The summed E-state index contributed by atoms with van der Waals surface area (Å²) >= 11 is 0.